The molecule has 0 saturated heterocycles. The van der Waals surface area contributed by atoms with Gasteiger partial charge in [-0.3, -0.25) is 0 Å². The SMILES string of the molecule is Cc1cc(C)cc(CSc2nc(NN)c(F)cc2F)c1. The number of rotatable bonds is 4. The largest absolute Gasteiger partial charge is 0.306 e. The van der Waals surface area contributed by atoms with Crippen LogP contribution in [0.15, 0.2) is 29.3 Å². The van der Waals surface area contributed by atoms with Crippen molar-refractivity contribution < 1.29 is 8.78 Å². The molecule has 0 spiro atoms. The molecule has 0 unspecified atom stereocenters. The van der Waals surface area contributed by atoms with Gasteiger partial charge in [-0.15, -0.1) is 0 Å². The fourth-order valence-corrected chi connectivity index (χ4v) is 2.78. The van der Waals surface area contributed by atoms with Crippen LogP contribution < -0.4 is 11.3 Å². The van der Waals surface area contributed by atoms with Crippen molar-refractivity contribution in [3.05, 3.63) is 52.6 Å². The Bertz CT molecular complexity index is 612. The van der Waals surface area contributed by atoms with Crippen LogP contribution in [-0.2, 0) is 5.75 Å². The normalized spacial score (nSPS) is 10.7. The maximum atomic E-state index is 13.6. The van der Waals surface area contributed by atoms with Crippen LogP contribution in [0.2, 0.25) is 0 Å². The fraction of sp³-hybridized carbons (Fsp3) is 0.214. The number of anilines is 1. The second kappa shape index (κ2) is 6.19. The first-order chi connectivity index (χ1) is 9.49. The van der Waals surface area contributed by atoms with Gasteiger partial charge in [0.1, 0.15) is 5.03 Å². The van der Waals surface area contributed by atoms with Crippen molar-refractivity contribution in [3.8, 4) is 0 Å². The van der Waals surface area contributed by atoms with Gasteiger partial charge < -0.3 is 5.43 Å². The highest BCUT2D eigenvalue weighted by Gasteiger charge is 2.12. The number of nitrogen functional groups attached to an aromatic ring is 1. The summed E-state index contributed by atoms with van der Waals surface area (Å²) >= 11 is 1.21. The summed E-state index contributed by atoms with van der Waals surface area (Å²) in [5.41, 5.74) is 5.48. The van der Waals surface area contributed by atoms with Gasteiger partial charge in [-0.1, -0.05) is 41.1 Å². The minimum Gasteiger partial charge on any atom is -0.306 e. The zero-order valence-electron chi connectivity index (χ0n) is 11.2. The second-order valence-electron chi connectivity index (χ2n) is 4.53. The van der Waals surface area contributed by atoms with E-state index in [4.69, 9.17) is 5.84 Å². The number of benzene rings is 1. The van der Waals surface area contributed by atoms with Crippen molar-refractivity contribution in [1.82, 2.24) is 4.98 Å². The van der Waals surface area contributed by atoms with Crippen LogP contribution in [0.5, 0.6) is 0 Å². The monoisotopic (exact) mass is 295 g/mol. The van der Waals surface area contributed by atoms with Crippen molar-refractivity contribution in [2.45, 2.75) is 24.6 Å². The van der Waals surface area contributed by atoms with Gasteiger partial charge in [0.25, 0.3) is 0 Å². The van der Waals surface area contributed by atoms with Crippen LogP contribution in [0, 0.1) is 25.5 Å². The molecule has 0 aliphatic heterocycles. The molecule has 0 aliphatic carbocycles. The number of hydrogen-bond donors (Lipinski definition) is 2. The third-order valence-electron chi connectivity index (χ3n) is 2.69. The smallest absolute Gasteiger partial charge is 0.177 e. The van der Waals surface area contributed by atoms with Crippen molar-refractivity contribution in [2.24, 2.45) is 5.84 Å². The first-order valence-electron chi connectivity index (χ1n) is 6.02. The number of nitrogens with one attached hydrogen (secondary N) is 1. The lowest BCUT2D eigenvalue weighted by atomic mass is 10.1. The van der Waals surface area contributed by atoms with Crippen LogP contribution in [0.25, 0.3) is 0 Å². The van der Waals surface area contributed by atoms with E-state index in [2.05, 4.69) is 16.5 Å². The lowest BCUT2D eigenvalue weighted by Crippen LogP contribution is -2.11. The van der Waals surface area contributed by atoms with E-state index >= 15 is 0 Å². The third kappa shape index (κ3) is 3.46. The molecule has 1 aromatic carbocycles. The first-order valence-corrected chi connectivity index (χ1v) is 7.01. The molecule has 0 bridgehead atoms. The Balaban J connectivity index is 2.18. The molecule has 0 fully saturated rings. The molecule has 0 radical (unpaired) electrons. The predicted octanol–water partition coefficient (Wildman–Crippen LogP) is 3.55. The molecule has 1 heterocycles. The highest BCUT2D eigenvalue weighted by molar-refractivity contribution is 7.98. The molecule has 106 valence electrons. The van der Waals surface area contributed by atoms with E-state index in [1.54, 1.807) is 0 Å². The average molecular weight is 295 g/mol. The van der Waals surface area contributed by atoms with E-state index in [1.165, 1.54) is 11.8 Å². The second-order valence-corrected chi connectivity index (χ2v) is 5.50. The summed E-state index contributed by atoms with van der Waals surface area (Å²) in [5.74, 6) is 4.04. The number of thioether (sulfide) groups is 1. The first kappa shape index (κ1) is 14.7. The summed E-state index contributed by atoms with van der Waals surface area (Å²) in [7, 11) is 0. The molecular formula is C14H15F2N3S. The number of pyridine rings is 1. The molecule has 3 nitrogen and oxygen atoms in total. The molecule has 0 amide bonds. The Hall–Kier alpha value is -1.66. The molecule has 3 N–H and O–H groups in total. The van der Waals surface area contributed by atoms with Gasteiger partial charge in [-0.05, 0) is 19.4 Å². The number of hydrazine groups is 1. The standard InChI is InChI=1S/C14H15F2N3S/c1-8-3-9(2)5-10(4-8)7-20-14-12(16)6-11(15)13(18-14)19-17/h3-6H,7,17H2,1-2H3,(H,18,19). The minimum absolute atomic E-state index is 0.124. The maximum absolute atomic E-state index is 13.6. The molecule has 0 aliphatic rings. The Morgan fingerprint density at radius 3 is 2.35 bits per heavy atom. The van der Waals surface area contributed by atoms with E-state index in [0.29, 0.717) is 5.75 Å². The molecule has 0 atom stereocenters. The summed E-state index contributed by atoms with van der Waals surface area (Å²) in [5, 5.41) is 0.124. The van der Waals surface area contributed by atoms with Gasteiger partial charge in [0.2, 0.25) is 0 Å². The van der Waals surface area contributed by atoms with E-state index in [0.717, 1.165) is 22.8 Å². The van der Waals surface area contributed by atoms with Crippen molar-refractivity contribution in [1.29, 1.82) is 0 Å². The molecule has 0 saturated carbocycles. The third-order valence-corrected chi connectivity index (χ3v) is 3.73. The number of nitrogens with two attached hydrogens (primary N) is 1. The van der Waals surface area contributed by atoms with Crippen LogP contribution in [0.3, 0.4) is 0 Å². The van der Waals surface area contributed by atoms with Crippen molar-refractivity contribution in [2.75, 3.05) is 5.43 Å². The topological polar surface area (TPSA) is 50.9 Å². The Labute approximate surface area is 120 Å². The van der Waals surface area contributed by atoms with Crippen LogP contribution in [0.4, 0.5) is 14.6 Å². The molecular weight excluding hydrogens is 280 g/mol. The molecule has 20 heavy (non-hydrogen) atoms. The van der Waals surface area contributed by atoms with Crippen LogP contribution in [0.1, 0.15) is 16.7 Å². The quantitative estimate of drug-likeness (QED) is 0.514. The van der Waals surface area contributed by atoms with E-state index in [9.17, 15) is 8.78 Å². The van der Waals surface area contributed by atoms with Gasteiger partial charge in [0, 0.05) is 11.8 Å². The average Bonchev–Trinajstić information content (AvgIpc) is 2.36. The van der Waals surface area contributed by atoms with Crippen molar-refractivity contribution >= 4 is 17.6 Å². The van der Waals surface area contributed by atoms with Gasteiger partial charge in [-0.25, -0.2) is 19.6 Å². The lowest BCUT2D eigenvalue weighted by molar-refractivity contribution is 0.551. The van der Waals surface area contributed by atoms with Crippen LogP contribution in [-0.4, -0.2) is 4.98 Å². The van der Waals surface area contributed by atoms with E-state index in [1.807, 2.05) is 26.0 Å². The highest BCUT2D eigenvalue weighted by Crippen LogP contribution is 2.27. The number of nitrogens with zero attached hydrogens (tertiary/aromatic N) is 1. The Kier molecular flexibility index (Phi) is 4.57. The Morgan fingerprint density at radius 1 is 1.10 bits per heavy atom. The summed E-state index contributed by atoms with van der Waals surface area (Å²) in [4.78, 5) is 3.83. The highest BCUT2D eigenvalue weighted by atomic mass is 32.2. The molecule has 1 aromatic heterocycles. The van der Waals surface area contributed by atoms with Gasteiger partial charge in [0.05, 0.1) is 0 Å². The summed E-state index contributed by atoms with van der Waals surface area (Å²) in [6.45, 7) is 4.02. The summed E-state index contributed by atoms with van der Waals surface area (Å²) in [6, 6.07) is 6.92. The minimum atomic E-state index is -0.805. The molecule has 6 heteroatoms. The summed E-state index contributed by atoms with van der Waals surface area (Å²) in [6.07, 6.45) is 0. The maximum Gasteiger partial charge on any atom is 0.177 e. The number of hydrogen-bond acceptors (Lipinski definition) is 4. The van der Waals surface area contributed by atoms with Crippen molar-refractivity contribution in [3.63, 3.8) is 0 Å². The van der Waals surface area contributed by atoms with E-state index in [-0.39, 0.29) is 10.8 Å². The number of aryl methyl sites for hydroxylation is 2. The zero-order chi connectivity index (χ0) is 14.7. The molecule has 2 aromatic rings. The zero-order valence-corrected chi connectivity index (χ0v) is 12.0. The number of halogens is 2. The van der Waals surface area contributed by atoms with E-state index < -0.39 is 11.6 Å². The number of aromatic nitrogens is 1. The Morgan fingerprint density at radius 2 is 1.75 bits per heavy atom. The van der Waals surface area contributed by atoms with Gasteiger partial charge >= 0.3 is 0 Å². The van der Waals surface area contributed by atoms with Gasteiger partial charge in [0.15, 0.2) is 17.5 Å². The predicted molar refractivity (Wildman–Crippen MR) is 77.4 cm³/mol. The lowest BCUT2D eigenvalue weighted by Gasteiger charge is -2.08. The fourth-order valence-electron chi connectivity index (χ4n) is 1.96. The van der Waals surface area contributed by atoms with Gasteiger partial charge in [-0.2, -0.15) is 0 Å². The van der Waals surface area contributed by atoms with Crippen LogP contribution >= 0.6 is 11.8 Å². The summed E-state index contributed by atoms with van der Waals surface area (Å²) < 4.78 is 26.9. The molecule has 2 rings (SSSR count).